The predicted molar refractivity (Wildman–Crippen MR) is 68.1 cm³/mol. The van der Waals surface area contributed by atoms with Crippen molar-refractivity contribution < 1.29 is 4.74 Å². The topological polar surface area (TPSA) is 33.3 Å². The van der Waals surface area contributed by atoms with Crippen LogP contribution in [-0.4, -0.2) is 33.8 Å². The molecule has 0 fully saturated rings. The molecule has 0 unspecified atom stereocenters. The molecule has 90 valence electrons. The molecule has 0 atom stereocenters. The molecule has 0 saturated carbocycles. The molecule has 16 heavy (non-hydrogen) atoms. The number of hydrogen-bond acceptors (Lipinski definition) is 3. The molecular formula is C13H22N2O. The Kier molecular flexibility index (Phi) is 6.61. The van der Waals surface area contributed by atoms with Crippen LogP contribution in [0.25, 0.3) is 0 Å². The van der Waals surface area contributed by atoms with E-state index in [-0.39, 0.29) is 0 Å². The molecule has 3 heteroatoms. The largest absolute Gasteiger partial charge is 0.497 e. The molecule has 0 radical (unpaired) electrons. The summed E-state index contributed by atoms with van der Waals surface area (Å²) in [5.74, 6) is 0.938. The Morgan fingerprint density at radius 2 is 2.06 bits per heavy atom. The van der Waals surface area contributed by atoms with Crippen LogP contribution in [-0.2, 0) is 6.42 Å². The first-order chi connectivity index (χ1) is 7.86. The molecule has 2 N–H and O–H groups in total. The molecule has 3 nitrogen and oxygen atoms in total. The van der Waals surface area contributed by atoms with Crippen LogP contribution in [0.4, 0.5) is 0 Å². The molecule has 1 aromatic rings. The van der Waals surface area contributed by atoms with Crippen molar-refractivity contribution in [1.82, 2.24) is 10.6 Å². The summed E-state index contributed by atoms with van der Waals surface area (Å²) in [7, 11) is 3.69. The fourth-order valence-corrected chi connectivity index (χ4v) is 1.58. The van der Waals surface area contributed by atoms with Gasteiger partial charge in [-0.1, -0.05) is 12.1 Å². The Hall–Kier alpha value is -1.06. The number of nitrogens with one attached hydrogen (secondary N) is 2. The van der Waals surface area contributed by atoms with Crippen molar-refractivity contribution in [2.45, 2.75) is 12.8 Å². The van der Waals surface area contributed by atoms with E-state index in [9.17, 15) is 0 Å². The third-order valence-electron chi connectivity index (χ3n) is 2.50. The zero-order valence-electron chi connectivity index (χ0n) is 10.3. The van der Waals surface area contributed by atoms with Crippen LogP contribution in [0.15, 0.2) is 24.3 Å². The maximum atomic E-state index is 5.19. The summed E-state index contributed by atoms with van der Waals surface area (Å²) in [5.41, 5.74) is 1.32. The number of rotatable bonds is 8. The quantitative estimate of drug-likeness (QED) is 0.653. The van der Waals surface area contributed by atoms with Crippen molar-refractivity contribution in [3.05, 3.63) is 29.8 Å². The Labute approximate surface area is 98.2 Å². The van der Waals surface area contributed by atoms with Gasteiger partial charge in [0.05, 0.1) is 7.11 Å². The van der Waals surface area contributed by atoms with Gasteiger partial charge in [0.2, 0.25) is 0 Å². The molecule has 1 aromatic carbocycles. The van der Waals surface area contributed by atoms with Gasteiger partial charge in [-0.15, -0.1) is 0 Å². The second-order valence-electron chi connectivity index (χ2n) is 3.81. The molecule has 0 aliphatic rings. The monoisotopic (exact) mass is 222 g/mol. The molecule has 0 heterocycles. The van der Waals surface area contributed by atoms with Crippen LogP contribution in [0, 0.1) is 0 Å². The van der Waals surface area contributed by atoms with Gasteiger partial charge in [-0.3, -0.25) is 0 Å². The highest BCUT2D eigenvalue weighted by Gasteiger charge is 1.95. The summed E-state index contributed by atoms with van der Waals surface area (Å²) in [5, 5.41) is 6.56. The molecule has 0 amide bonds. The van der Waals surface area contributed by atoms with Crippen LogP contribution in [0.1, 0.15) is 12.0 Å². The van der Waals surface area contributed by atoms with Crippen molar-refractivity contribution in [3.63, 3.8) is 0 Å². The highest BCUT2D eigenvalue weighted by atomic mass is 16.5. The number of methoxy groups -OCH3 is 1. The van der Waals surface area contributed by atoms with Gasteiger partial charge in [-0.2, -0.15) is 0 Å². The molecule has 0 spiro atoms. The number of ether oxygens (including phenoxy) is 1. The Bertz CT molecular complexity index is 289. The molecule has 0 aliphatic carbocycles. The summed E-state index contributed by atoms with van der Waals surface area (Å²) in [6.07, 6.45) is 2.23. The highest BCUT2D eigenvalue weighted by Crippen LogP contribution is 2.12. The predicted octanol–water partition coefficient (Wildman–Crippen LogP) is 1.44. The average Bonchev–Trinajstić information content (AvgIpc) is 2.34. The first-order valence-corrected chi connectivity index (χ1v) is 5.85. The van der Waals surface area contributed by atoms with E-state index < -0.39 is 0 Å². The smallest absolute Gasteiger partial charge is 0.119 e. The van der Waals surface area contributed by atoms with Crippen LogP contribution in [0.2, 0.25) is 0 Å². The van der Waals surface area contributed by atoms with E-state index in [2.05, 4.69) is 22.8 Å². The van der Waals surface area contributed by atoms with Gasteiger partial charge < -0.3 is 15.4 Å². The minimum Gasteiger partial charge on any atom is -0.497 e. The maximum Gasteiger partial charge on any atom is 0.119 e. The second-order valence-corrected chi connectivity index (χ2v) is 3.81. The fourth-order valence-electron chi connectivity index (χ4n) is 1.58. The summed E-state index contributed by atoms with van der Waals surface area (Å²) < 4.78 is 5.19. The third kappa shape index (κ3) is 5.14. The lowest BCUT2D eigenvalue weighted by molar-refractivity contribution is 0.414. The fraction of sp³-hybridized carbons (Fsp3) is 0.538. The molecule has 1 rings (SSSR count). The van der Waals surface area contributed by atoms with Crippen molar-refractivity contribution in [2.75, 3.05) is 33.8 Å². The van der Waals surface area contributed by atoms with Gasteiger partial charge in [-0.25, -0.2) is 0 Å². The van der Waals surface area contributed by atoms with Gasteiger partial charge in [0.1, 0.15) is 5.75 Å². The standard InChI is InChI=1S/C13H22N2O/c1-14-8-4-9-15-10-7-12-5-3-6-13(11-12)16-2/h3,5-6,11,14-15H,4,7-10H2,1-2H3. The zero-order chi connectivity index (χ0) is 11.6. The first-order valence-electron chi connectivity index (χ1n) is 5.85. The Morgan fingerprint density at radius 3 is 2.81 bits per heavy atom. The summed E-state index contributed by atoms with van der Waals surface area (Å²) in [6.45, 7) is 3.17. The number of benzene rings is 1. The summed E-state index contributed by atoms with van der Waals surface area (Å²) >= 11 is 0. The molecular weight excluding hydrogens is 200 g/mol. The lowest BCUT2D eigenvalue weighted by atomic mass is 10.1. The van der Waals surface area contributed by atoms with Gasteiger partial charge in [0.25, 0.3) is 0 Å². The van der Waals surface area contributed by atoms with Crippen LogP contribution >= 0.6 is 0 Å². The van der Waals surface area contributed by atoms with E-state index in [0.29, 0.717) is 0 Å². The average molecular weight is 222 g/mol. The molecule has 0 saturated heterocycles. The Balaban J connectivity index is 2.16. The zero-order valence-corrected chi connectivity index (χ0v) is 10.3. The van der Waals surface area contributed by atoms with Gasteiger partial charge in [0.15, 0.2) is 0 Å². The van der Waals surface area contributed by atoms with E-state index in [0.717, 1.165) is 31.8 Å². The minimum atomic E-state index is 0.938. The van der Waals surface area contributed by atoms with Crippen LogP contribution in [0.3, 0.4) is 0 Å². The van der Waals surface area contributed by atoms with Gasteiger partial charge in [0, 0.05) is 0 Å². The third-order valence-corrected chi connectivity index (χ3v) is 2.50. The lowest BCUT2D eigenvalue weighted by Gasteiger charge is -2.06. The minimum absolute atomic E-state index is 0.938. The van der Waals surface area contributed by atoms with Crippen LogP contribution in [0.5, 0.6) is 5.75 Å². The first kappa shape index (κ1) is 13.0. The van der Waals surface area contributed by atoms with Crippen molar-refractivity contribution >= 4 is 0 Å². The summed E-state index contributed by atoms with van der Waals surface area (Å²) in [4.78, 5) is 0. The van der Waals surface area contributed by atoms with E-state index in [1.165, 1.54) is 12.0 Å². The van der Waals surface area contributed by atoms with Crippen molar-refractivity contribution in [3.8, 4) is 5.75 Å². The van der Waals surface area contributed by atoms with E-state index >= 15 is 0 Å². The molecule has 0 bridgehead atoms. The summed E-state index contributed by atoms with van der Waals surface area (Å²) in [6, 6.07) is 8.24. The Morgan fingerprint density at radius 1 is 1.19 bits per heavy atom. The molecule has 0 aliphatic heterocycles. The normalized spacial score (nSPS) is 10.4. The lowest BCUT2D eigenvalue weighted by Crippen LogP contribution is -2.21. The van der Waals surface area contributed by atoms with E-state index in [1.54, 1.807) is 7.11 Å². The van der Waals surface area contributed by atoms with Crippen molar-refractivity contribution in [2.24, 2.45) is 0 Å². The number of hydrogen-bond donors (Lipinski definition) is 2. The van der Waals surface area contributed by atoms with E-state index in [4.69, 9.17) is 4.74 Å². The SMILES string of the molecule is CNCCCNCCc1cccc(OC)c1. The van der Waals surface area contributed by atoms with Gasteiger partial charge in [-0.05, 0) is 57.2 Å². The van der Waals surface area contributed by atoms with Crippen molar-refractivity contribution in [1.29, 1.82) is 0 Å². The maximum absolute atomic E-state index is 5.19. The van der Waals surface area contributed by atoms with Crippen LogP contribution < -0.4 is 15.4 Å². The highest BCUT2D eigenvalue weighted by molar-refractivity contribution is 5.28. The molecule has 0 aromatic heterocycles. The van der Waals surface area contributed by atoms with E-state index in [1.807, 2.05) is 19.2 Å². The van der Waals surface area contributed by atoms with Gasteiger partial charge >= 0.3 is 0 Å². The second kappa shape index (κ2) is 8.13.